The molecule has 0 aliphatic carbocycles. The van der Waals surface area contributed by atoms with Gasteiger partial charge in [0.2, 0.25) is 0 Å². The summed E-state index contributed by atoms with van der Waals surface area (Å²) in [6.45, 7) is 4.64. The summed E-state index contributed by atoms with van der Waals surface area (Å²) >= 11 is 0. The molecule has 9 nitrogen and oxygen atoms in total. The molecule has 0 heterocycles. The van der Waals surface area contributed by atoms with E-state index in [0.29, 0.717) is 23.9 Å². The molecule has 0 aromatic carbocycles. The first-order valence-corrected chi connectivity index (χ1v) is 24.8. The second-order valence-corrected chi connectivity index (χ2v) is 17.4. The van der Waals surface area contributed by atoms with E-state index >= 15 is 0 Å². The number of carboxylic acid groups (broad SMARTS) is 1. The fourth-order valence-electron chi connectivity index (χ4n) is 6.34. The number of ether oxygens (including phenoxy) is 4. The van der Waals surface area contributed by atoms with Crippen molar-refractivity contribution >= 4 is 17.9 Å². The third kappa shape index (κ3) is 46.3. The maximum atomic E-state index is 12.7. The van der Waals surface area contributed by atoms with Crippen LogP contribution in [-0.2, 0) is 33.3 Å². The maximum Gasteiger partial charge on any atom is 0.361 e. The Hall–Kier alpha value is -3.53. The number of hydrogen-bond donors (Lipinski definition) is 1. The van der Waals surface area contributed by atoms with Gasteiger partial charge in [-0.15, -0.1) is 0 Å². The topological polar surface area (TPSA) is 108 Å². The van der Waals surface area contributed by atoms with Crippen molar-refractivity contribution in [3.05, 3.63) is 85.1 Å². The lowest BCUT2D eigenvalue weighted by molar-refractivity contribution is -0.870. The molecule has 0 rings (SSSR count). The minimum Gasteiger partial charge on any atom is -0.477 e. The van der Waals surface area contributed by atoms with Gasteiger partial charge in [0.05, 0.1) is 34.4 Å². The van der Waals surface area contributed by atoms with E-state index in [1.165, 1.54) is 44.9 Å². The first-order chi connectivity index (χ1) is 30.6. The standard InChI is InChI=1S/C54H91NO8/c1-6-8-10-12-13-14-15-16-17-18-19-20-21-22-23-24-25-26-27-28-29-30-31-32-33-34-35-36-37-38-39-41-43-45-52(57)63-50(48-61-51(56)44-42-40-11-9-7-2)49-62-54(53(58)59)60-47-46-55(3,4)5/h8,10,13-14,16-17,19-20,22-23,25-26,28-29,50,54H,6-7,9,11-12,15,18,21,24,27,30-49H2,1-5H3/p+1/b10-8-,14-13-,17-16-,20-19-,23-22-,26-25-,29-28-. The van der Waals surface area contributed by atoms with E-state index in [-0.39, 0.29) is 32.2 Å². The Morgan fingerprint density at radius 1 is 0.492 bits per heavy atom. The molecule has 2 unspecified atom stereocenters. The molecule has 0 fully saturated rings. The zero-order valence-electron chi connectivity index (χ0n) is 40.7. The highest BCUT2D eigenvalue weighted by Gasteiger charge is 2.25. The highest BCUT2D eigenvalue weighted by molar-refractivity contribution is 5.71. The fourth-order valence-corrected chi connectivity index (χ4v) is 6.34. The molecular weight excluding hydrogens is 791 g/mol. The Balaban J connectivity index is 4.05. The summed E-state index contributed by atoms with van der Waals surface area (Å²) in [4.78, 5) is 36.8. The number of unbranched alkanes of at least 4 members (excludes halogenated alkanes) is 15. The minimum atomic E-state index is -1.51. The smallest absolute Gasteiger partial charge is 0.361 e. The minimum absolute atomic E-state index is 0.184. The molecule has 0 radical (unpaired) electrons. The van der Waals surface area contributed by atoms with Gasteiger partial charge in [0.15, 0.2) is 6.10 Å². The molecular formula is C54H92NO8+. The lowest BCUT2D eigenvalue weighted by atomic mass is 10.0. The number of carbonyl (C=O) groups excluding carboxylic acids is 2. The molecule has 1 N–H and O–H groups in total. The van der Waals surface area contributed by atoms with Gasteiger partial charge in [-0.3, -0.25) is 9.59 Å². The molecule has 0 aliphatic rings. The number of hydrogen-bond acceptors (Lipinski definition) is 7. The predicted octanol–water partition coefficient (Wildman–Crippen LogP) is 13.7. The molecule has 0 amide bonds. The van der Waals surface area contributed by atoms with Gasteiger partial charge in [0.25, 0.3) is 6.29 Å². The number of nitrogens with zero attached hydrogens (tertiary/aromatic N) is 1. The normalized spacial score (nSPS) is 13.6. The third-order valence-corrected chi connectivity index (χ3v) is 10.2. The Bertz CT molecular complexity index is 1300. The highest BCUT2D eigenvalue weighted by atomic mass is 16.7. The van der Waals surface area contributed by atoms with Gasteiger partial charge in [-0.05, 0) is 70.6 Å². The van der Waals surface area contributed by atoms with Crippen molar-refractivity contribution in [3.8, 4) is 0 Å². The quantitative estimate of drug-likeness (QED) is 0.0212. The molecule has 9 heteroatoms. The molecule has 2 atom stereocenters. The summed E-state index contributed by atoms with van der Waals surface area (Å²) in [5, 5.41) is 9.59. The average molecular weight is 883 g/mol. The number of quaternary nitrogens is 1. The molecule has 0 bridgehead atoms. The Morgan fingerprint density at radius 3 is 1.35 bits per heavy atom. The van der Waals surface area contributed by atoms with Crippen molar-refractivity contribution in [1.29, 1.82) is 0 Å². The van der Waals surface area contributed by atoms with Crippen LogP contribution in [0.5, 0.6) is 0 Å². The van der Waals surface area contributed by atoms with Crippen LogP contribution in [0.2, 0.25) is 0 Å². The molecule has 0 aromatic heterocycles. The zero-order chi connectivity index (χ0) is 46.3. The van der Waals surface area contributed by atoms with Crippen LogP contribution in [0.4, 0.5) is 0 Å². The van der Waals surface area contributed by atoms with Crippen molar-refractivity contribution < 1.29 is 42.9 Å². The summed E-state index contributed by atoms with van der Waals surface area (Å²) in [6, 6.07) is 0. The summed E-state index contributed by atoms with van der Waals surface area (Å²) < 4.78 is 22.6. The van der Waals surface area contributed by atoms with Gasteiger partial charge in [0.1, 0.15) is 13.2 Å². The van der Waals surface area contributed by atoms with Crippen molar-refractivity contribution in [1.82, 2.24) is 0 Å². The number of carbonyl (C=O) groups is 3. The highest BCUT2D eigenvalue weighted by Crippen LogP contribution is 2.14. The molecule has 360 valence electrons. The van der Waals surface area contributed by atoms with Gasteiger partial charge < -0.3 is 28.5 Å². The summed E-state index contributed by atoms with van der Waals surface area (Å²) in [5.41, 5.74) is 0. The van der Waals surface area contributed by atoms with E-state index in [2.05, 4.69) is 98.9 Å². The van der Waals surface area contributed by atoms with Gasteiger partial charge in [0, 0.05) is 12.8 Å². The Labute approximate surface area is 385 Å². The van der Waals surface area contributed by atoms with Crippen molar-refractivity contribution in [2.75, 3.05) is 47.5 Å². The Kier molecular flexibility index (Phi) is 42.5. The van der Waals surface area contributed by atoms with Crippen LogP contribution >= 0.6 is 0 Å². The molecule has 63 heavy (non-hydrogen) atoms. The van der Waals surface area contributed by atoms with Crippen LogP contribution in [0.1, 0.15) is 181 Å². The maximum absolute atomic E-state index is 12.7. The van der Waals surface area contributed by atoms with E-state index in [4.69, 9.17) is 18.9 Å². The SMILES string of the molecule is CC/C=C\C/C=C\C/C=C\C/C=C\C/C=C\C/C=C\C/C=C\CCCCCCCCCCCCCC(=O)OC(COC(=O)CCCCCCC)COC(OCC[N+](C)(C)C)C(=O)O. The van der Waals surface area contributed by atoms with Crippen LogP contribution in [0, 0.1) is 0 Å². The van der Waals surface area contributed by atoms with Crippen LogP contribution in [-0.4, -0.2) is 87.4 Å². The summed E-state index contributed by atoms with van der Waals surface area (Å²) in [5.74, 6) is -2.03. The van der Waals surface area contributed by atoms with Gasteiger partial charge in [-0.25, -0.2) is 4.79 Å². The van der Waals surface area contributed by atoms with Crippen LogP contribution in [0.15, 0.2) is 85.1 Å². The molecule has 0 saturated heterocycles. The number of likely N-dealkylation sites (N-methyl/N-ethyl adjacent to an activating group) is 1. The fraction of sp³-hybridized carbons (Fsp3) is 0.685. The van der Waals surface area contributed by atoms with Gasteiger partial charge >= 0.3 is 17.9 Å². The summed E-state index contributed by atoms with van der Waals surface area (Å²) in [6.07, 6.45) is 55.6. The van der Waals surface area contributed by atoms with Crippen molar-refractivity contribution in [2.45, 2.75) is 193 Å². The third-order valence-electron chi connectivity index (χ3n) is 10.2. The van der Waals surface area contributed by atoms with E-state index in [1.54, 1.807) is 0 Å². The number of aliphatic carboxylic acids is 1. The first-order valence-electron chi connectivity index (χ1n) is 24.8. The second-order valence-electron chi connectivity index (χ2n) is 17.4. The number of esters is 2. The van der Waals surface area contributed by atoms with E-state index in [1.807, 2.05) is 21.1 Å². The monoisotopic (exact) mass is 883 g/mol. The number of allylic oxidation sites excluding steroid dienone is 14. The first kappa shape index (κ1) is 59.5. The van der Waals surface area contributed by atoms with Gasteiger partial charge in [-0.1, -0.05) is 182 Å². The average Bonchev–Trinajstić information content (AvgIpc) is 3.24. The molecule has 0 spiro atoms. The molecule has 0 saturated carbocycles. The van der Waals surface area contributed by atoms with Crippen molar-refractivity contribution in [3.63, 3.8) is 0 Å². The lowest BCUT2D eigenvalue weighted by Gasteiger charge is -2.25. The molecule has 0 aromatic rings. The largest absolute Gasteiger partial charge is 0.477 e. The van der Waals surface area contributed by atoms with Crippen LogP contribution in [0.25, 0.3) is 0 Å². The predicted molar refractivity (Wildman–Crippen MR) is 262 cm³/mol. The summed E-state index contributed by atoms with van der Waals surface area (Å²) in [7, 11) is 5.94. The van der Waals surface area contributed by atoms with Gasteiger partial charge in [-0.2, -0.15) is 0 Å². The lowest BCUT2D eigenvalue weighted by Crippen LogP contribution is -2.40. The molecule has 0 aliphatic heterocycles. The van der Waals surface area contributed by atoms with Crippen LogP contribution in [0.3, 0.4) is 0 Å². The van der Waals surface area contributed by atoms with E-state index in [9.17, 15) is 19.5 Å². The van der Waals surface area contributed by atoms with Crippen molar-refractivity contribution in [2.24, 2.45) is 0 Å². The Morgan fingerprint density at radius 2 is 0.905 bits per heavy atom. The van der Waals surface area contributed by atoms with Crippen LogP contribution < -0.4 is 0 Å². The van der Waals surface area contributed by atoms with E-state index in [0.717, 1.165) is 103 Å². The number of carboxylic acids is 1. The zero-order valence-corrected chi connectivity index (χ0v) is 40.7. The second kappa shape index (κ2) is 45.1. The number of rotatable bonds is 44. The van der Waals surface area contributed by atoms with E-state index < -0.39 is 24.3 Å².